The first-order valence-electron chi connectivity index (χ1n) is 19.4. The summed E-state index contributed by atoms with van der Waals surface area (Å²) in [7, 11) is 0. The first kappa shape index (κ1) is 44.1. The first-order valence-corrected chi connectivity index (χ1v) is 19.4. The number of hydrogen-bond donors (Lipinski definition) is 3. The highest BCUT2D eigenvalue weighted by atomic mass is 16.4. The van der Waals surface area contributed by atoms with Crippen LogP contribution in [-0.2, 0) is 14.4 Å². The molecule has 0 aliphatic carbocycles. The summed E-state index contributed by atoms with van der Waals surface area (Å²) in [4.78, 5) is 37.9. The van der Waals surface area contributed by atoms with Crippen molar-refractivity contribution < 1.29 is 34.2 Å². The molecule has 0 rings (SSSR count). The molecule has 0 bridgehead atoms. The van der Waals surface area contributed by atoms with Gasteiger partial charge in [0.05, 0.1) is 6.54 Å². The predicted octanol–water partition coefficient (Wildman–Crippen LogP) is 10.9. The average Bonchev–Trinajstić information content (AvgIpc) is 3.02. The van der Waals surface area contributed by atoms with E-state index in [-0.39, 0.29) is 30.3 Å². The molecular formula is C39H74NO6+. The SMILES string of the molecule is C/C=C/CCCCCCCCCCCCCCCCCCCCC[N+](C(CCC)C(=O)O)(C(CCC)C(=O)O)C(CCC)C(=O)O. The quantitative estimate of drug-likeness (QED) is 0.0362. The lowest BCUT2D eigenvalue weighted by atomic mass is 9.91. The van der Waals surface area contributed by atoms with E-state index in [1.54, 1.807) is 0 Å². The molecule has 0 amide bonds. The normalized spacial score (nSPS) is 15.0. The number of nitrogens with zero attached hydrogens (tertiary/aromatic N) is 1. The van der Waals surface area contributed by atoms with Crippen LogP contribution in [-0.4, -0.2) is 62.4 Å². The zero-order chi connectivity index (χ0) is 34.5. The van der Waals surface area contributed by atoms with E-state index in [0.717, 1.165) is 19.3 Å². The Morgan fingerprint density at radius 1 is 0.478 bits per heavy atom. The number of unbranched alkanes of at least 4 members (excludes halogenated alkanes) is 19. The van der Waals surface area contributed by atoms with Crippen LogP contribution in [0, 0.1) is 0 Å². The molecule has 0 aliphatic rings. The molecule has 0 saturated carbocycles. The van der Waals surface area contributed by atoms with Crippen molar-refractivity contribution in [3.05, 3.63) is 12.2 Å². The van der Waals surface area contributed by atoms with Crippen molar-refractivity contribution in [2.24, 2.45) is 0 Å². The molecule has 0 fully saturated rings. The summed E-state index contributed by atoms with van der Waals surface area (Å²) < 4.78 is -0.368. The summed E-state index contributed by atoms with van der Waals surface area (Å²) in [5.41, 5.74) is 0. The minimum absolute atomic E-state index is 0.272. The summed E-state index contributed by atoms with van der Waals surface area (Å²) in [5, 5.41) is 30.9. The Balaban J connectivity index is 4.54. The lowest BCUT2D eigenvalue weighted by Gasteiger charge is -2.50. The van der Waals surface area contributed by atoms with Gasteiger partial charge in [0.15, 0.2) is 18.1 Å². The Morgan fingerprint density at radius 2 is 0.739 bits per heavy atom. The maximum absolute atomic E-state index is 12.6. The van der Waals surface area contributed by atoms with Crippen LogP contribution in [0.5, 0.6) is 0 Å². The second-order valence-electron chi connectivity index (χ2n) is 13.7. The Kier molecular flexibility index (Phi) is 28.1. The highest BCUT2D eigenvalue weighted by Crippen LogP contribution is 2.34. The van der Waals surface area contributed by atoms with E-state index in [0.29, 0.717) is 25.7 Å². The molecule has 270 valence electrons. The smallest absolute Gasteiger partial charge is 0.362 e. The van der Waals surface area contributed by atoms with Gasteiger partial charge in [-0.3, -0.25) is 4.48 Å². The third-order valence-corrected chi connectivity index (χ3v) is 9.93. The average molecular weight is 653 g/mol. The zero-order valence-corrected chi connectivity index (χ0v) is 30.5. The van der Waals surface area contributed by atoms with Gasteiger partial charge < -0.3 is 15.3 Å². The molecule has 0 spiro atoms. The maximum atomic E-state index is 12.6. The number of carboxylic acids is 3. The van der Waals surface area contributed by atoms with Crippen molar-refractivity contribution in [3.63, 3.8) is 0 Å². The van der Waals surface area contributed by atoms with Crippen molar-refractivity contribution in [3.8, 4) is 0 Å². The Bertz CT molecular complexity index is 738. The van der Waals surface area contributed by atoms with Gasteiger partial charge in [-0.05, 0) is 51.9 Å². The summed E-state index contributed by atoms with van der Waals surface area (Å²) >= 11 is 0. The van der Waals surface area contributed by atoms with E-state index in [9.17, 15) is 29.7 Å². The molecule has 0 saturated heterocycles. The van der Waals surface area contributed by atoms with Crippen molar-refractivity contribution in [1.82, 2.24) is 0 Å². The largest absolute Gasteiger partial charge is 0.477 e. The van der Waals surface area contributed by atoms with Crippen LogP contribution in [0.15, 0.2) is 12.2 Å². The molecule has 3 unspecified atom stereocenters. The summed E-state index contributed by atoms with van der Waals surface area (Å²) in [5.74, 6) is -3.24. The predicted molar refractivity (Wildman–Crippen MR) is 191 cm³/mol. The van der Waals surface area contributed by atoms with Crippen LogP contribution in [0.1, 0.15) is 195 Å². The summed E-state index contributed by atoms with van der Waals surface area (Å²) in [6.45, 7) is 8.02. The zero-order valence-electron chi connectivity index (χ0n) is 30.5. The van der Waals surface area contributed by atoms with Gasteiger partial charge in [-0.1, -0.05) is 136 Å². The van der Waals surface area contributed by atoms with E-state index in [1.165, 1.54) is 103 Å². The van der Waals surface area contributed by atoms with Gasteiger partial charge in [-0.15, -0.1) is 0 Å². The molecule has 3 N–H and O–H groups in total. The molecule has 0 aromatic rings. The highest BCUT2D eigenvalue weighted by Gasteiger charge is 2.56. The van der Waals surface area contributed by atoms with Crippen molar-refractivity contribution >= 4 is 17.9 Å². The molecule has 0 aliphatic heterocycles. The fraction of sp³-hybridized carbons (Fsp3) is 0.872. The Morgan fingerprint density at radius 3 is 0.978 bits per heavy atom. The van der Waals surface area contributed by atoms with E-state index in [2.05, 4.69) is 19.1 Å². The van der Waals surface area contributed by atoms with Gasteiger partial charge in [0.1, 0.15) is 0 Å². The van der Waals surface area contributed by atoms with Gasteiger partial charge in [0.25, 0.3) is 0 Å². The number of quaternary nitrogens is 1. The van der Waals surface area contributed by atoms with Crippen LogP contribution in [0.2, 0.25) is 0 Å². The van der Waals surface area contributed by atoms with Crippen LogP contribution < -0.4 is 0 Å². The minimum Gasteiger partial charge on any atom is -0.477 e. The van der Waals surface area contributed by atoms with Gasteiger partial charge in [-0.25, -0.2) is 14.4 Å². The summed E-state index contributed by atoms with van der Waals surface area (Å²) in [6, 6.07) is -3.13. The van der Waals surface area contributed by atoms with Crippen LogP contribution in [0.25, 0.3) is 0 Å². The van der Waals surface area contributed by atoms with Crippen molar-refractivity contribution in [2.45, 2.75) is 213 Å². The van der Waals surface area contributed by atoms with E-state index < -0.39 is 36.0 Å². The second-order valence-corrected chi connectivity index (χ2v) is 13.7. The fourth-order valence-corrected chi connectivity index (χ4v) is 7.47. The number of carboxylic acid groups (broad SMARTS) is 3. The molecule has 0 aromatic carbocycles. The third-order valence-electron chi connectivity index (χ3n) is 9.93. The lowest BCUT2D eigenvalue weighted by Crippen LogP contribution is -2.72. The molecule has 0 radical (unpaired) electrons. The first-order chi connectivity index (χ1) is 22.2. The van der Waals surface area contributed by atoms with Crippen LogP contribution in [0.3, 0.4) is 0 Å². The van der Waals surface area contributed by atoms with E-state index >= 15 is 0 Å². The monoisotopic (exact) mass is 653 g/mol. The van der Waals surface area contributed by atoms with Crippen molar-refractivity contribution in [1.29, 1.82) is 0 Å². The number of carbonyl (C=O) groups is 3. The Labute approximate surface area is 283 Å². The molecule has 7 nitrogen and oxygen atoms in total. The minimum atomic E-state index is -1.08. The standard InChI is InChI=1S/C39H73NO6/c1-5-9-10-11-12-13-14-15-16-17-18-19-20-21-22-23-24-25-26-27-28-29-33-40(34(30-6-2)37(41)42,35(31-7-3)38(43)44)36(32-8-4)39(45)46/h5,9,34-36H,6-8,10-33H2,1-4H3,(H2-,41,42,43,44,45,46)/p+1/b9-5+. The second kappa shape index (κ2) is 29.3. The topological polar surface area (TPSA) is 112 Å². The number of rotatable bonds is 34. The highest BCUT2D eigenvalue weighted by molar-refractivity contribution is 5.78. The van der Waals surface area contributed by atoms with Gasteiger partial charge in [-0.2, -0.15) is 0 Å². The van der Waals surface area contributed by atoms with Crippen molar-refractivity contribution in [2.75, 3.05) is 6.54 Å². The fourth-order valence-electron chi connectivity index (χ4n) is 7.47. The van der Waals surface area contributed by atoms with E-state index in [4.69, 9.17) is 0 Å². The molecular weight excluding hydrogens is 578 g/mol. The molecule has 3 atom stereocenters. The van der Waals surface area contributed by atoms with Gasteiger partial charge >= 0.3 is 17.9 Å². The summed E-state index contributed by atoms with van der Waals surface area (Å²) in [6.07, 6.45) is 31.9. The van der Waals surface area contributed by atoms with Crippen LogP contribution >= 0.6 is 0 Å². The van der Waals surface area contributed by atoms with Gasteiger partial charge in [0, 0.05) is 19.3 Å². The molecule has 0 heterocycles. The maximum Gasteiger partial charge on any atom is 0.362 e. The number of hydrogen-bond acceptors (Lipinski definition) is 3. The molecule has 0 aromatic heterocycles. The Hall–Kier alpha value is -1.89. The molecule has 46 heavy (non-hydrogen) atoms. The van der Waals surface area contributed by atoms with Crippen LogP contribution in [0.4, 0.5) is 0 Å². The van der Waals surface area contributed by atoms with Gasteiger partial charge in [0.2, 0.25) is 0 Å². The molecule has 7 heteroatoms. The van der Waals surface area contributed by atoms with E-state index in [1.807, 2.05) is 20.8 Å². The number of allylic oxidation sites excluding steroid dienone is 2. The lowest BCUT2D eigenvalue weighted by molar-refractivity contribution is -0.973. The third kappa shape index (κ3) is 18.4. The number of aliphatic carboxylic acids is 3.